The Labute approximate surface area is 209 Å². The van der Waals surface area contributed by atoms with Crippen molar-refractivity contribution in [2.45, 2.75) is 65.1 Å². The van der Waals surface area contributed by atoms with E-state index in [9.17, 15) is 4.79 Å². The molecule has 0 unspecified atom stereocenters. The maximum Gasteiger partial charge on any atom is 0.410 e. The molecule has 1 aromatic carbocycles. The highest BCUT2D eigenvalue weighted by molar-refractivity contribution is 5.68. The van der Waals surface area contributed by atoms with Gasteiger partial charge in [-0.15, -0.1) is 0 Å². The van der Waals surface area contributed by atoms with Gasteiger partial charge < -0.3 is 19.9 Å². The molecule has 0 bridgehead atoms. The van der Waals surface area contributed by atoms with Gasteiger partial charge in [0.2, 0.25) is 5.95 Å². The van der Waals surface area contributed by atoms with Gasteiger partial charge in [0.1, 0.15) is 11.4 Å². The molecule has 0 saturated carbocycles. The fraction of sp³-hybridized carbons (Fsp3) is 0.593. The van der Waals surface area contributed by atoms with Crippen molar-refractivity contribution in [3.63, 3.8) is 0 Å². The van der Waals surface area contributed by atoms with Gasteiger partial charge in [0, 0.05) is 63.6 Å². The molecule has 190 valence electrons. The second-order valence-corrected chi connectivity index (χ2v) is 10.7. The summed E-state index contributed by atoms with van der Waals surface area (Å²) in [6.07, 6.45) is 2.81. The van der Waals surface area contributed by atoms with Crippen LogP contribution in [0.25, 0.3) is 0 Å². The van der Waals surface area contributed by atoms with Gasteiger partial charge in [-0.2, -0.15) is 4.98 Å². The first-order valence-corrected chi connectivity index (χ1v) is 12.9. The Hall–Kier alpha value is -2.87. The maximum absolute atomic E-state index is 12.5. The van der Waals surface area contributed by atoms with Gasteiger partial charge in [0.25, 0.3) is 0 Å². The van der Waals surface area contributed by atoms with Crippen molar-refractivity contribution in [3.05, 3.63) is 47.7 Å². The molecule has 2 saturated heterocycles. The summed E-state index contributed by atoms with van der Waals surface area (Å²) < 4.78 is 5.56. The third-order valence-corrected chi connectivity index (χ3v) is 6.46. The lowest BCUT2D eigenvalue weighted by Crippen LogP contribution is -2.39. The maximum atomic E-state index is 12.5. The zero-order valence-electron chi connectivity index (χ0n) is 21.7. The normalized spacial score (nSPS) is 18.3. The van der Waals surface area contributed by atoms with Gasteiger partial charge in [-0.3, -0.25) is 4.90 Å². The Morgan fingerprint density at radius 3 is 2.49 bits per heavy atom. The van der Waals surface area contributed by atoms with Gasteiger partial charge in [-0.05, 0) is 52.5 Å². The number of benzene rings is 1. The van der Waals surface area contributed by atoms with Crippen molar-refractivity contribution in [2.24, 2.45) is 0 Å². The number of hydrogen-bond acceptors (Lipinski definition) is 7. The van der Waals surface area contributed by atoms with Crippen LogP contribution in [0.1, 0.15) is 51.3 Å². The summed E-state index contributed by atoms with van der Waals surface area (Å²) in [5, 5.41) is 3.66. The number of aryl methyl sites for hydroxylation is 1. The van der Waals surface area contributed by atoms with Crippen LogP contribution in [0.15, 0.2) is 36.4 Å². The second-order valence-electron chi connectivity index (χ2n) is 10.7. The van der Waals surface area contributed by atoms with Crippen molar-refractivity contribution >= 4 is 17.9 Å². The Morgan fingerprint density at radius 2 is 1.77 bits per heavy atom. The summed E-state index contributed by atoms with van der Waals surface area (Å²) in [5.41, 5.74) is 1.84. The van der Waals surface area contributed by atoms with Crippen LogP contribution in [0, 0.1) is 6.92 Å². The average Bonchev–Trinajstić information content (AvgIpc) is 3.06. The number of aromatic nitrogens is 2. The van der Waals surface area contributed by atoms with E-state index in [1.165, 1.54) is 5.56 Å². The number of hydrogen-bond donors (Lipinski definition) is 1. The SMILES string of the molecule is Cc1cc(NC2CCN(Cc3ccccc3)CC2)nc(N2CCCN(C(=O)OC(C)(C)C)CC2)n1. The summed E-state index contributed by atoms with van der Waals surface area (Å²) in [6, 6.07) is 13.1. The lowest BCUT2D eigenvalue weighted by molar-refractivity contribution is 0.0263. The third kappa shape index (κ3) is 7.56. The van der Waals surface area contributed by atoms with Crippen LogP contribution in [-0.4, -0.2) is 76.8 Å². The number of carbonyl (C=O) groups is 1. The molecular weight excluding hydrogens is 440 g/mol. The molecule has 1 amide bonds. The molecule has 0 atom stereocenters. The Balaban J connectivity index is 1.31. The fourth-order valence-corrected chi connectivity index (χ4v) is 4.68. The van der Waals surface area contributed by atoms with Crippen LogP contribution in [-0.2, 0) is 11.3 Å². The van der Waals surface area contributed by atoms with E-state index in [2.05, 4.69) is 45.4 Å². The Kier molecular flexibility index (Phi) is 8.11. The minimum Gasteiger partial charge on any atom is -0.444 e. The molecule has 2 aliphatic rings. The van der Waals surface area contributed by atoms with Crippen LogP contribution in [0.3, 0.4) is 0 Å². The van der Waals surface area contributed by atoms with E-state index in [0.29, 0.717) is 25.7 Å². The number of piperidine rings is 1. The molecule has 2 aliphatic heterocycles. The summed E-state index contributed by atoms with van der Waals surface area (Å²) in [4.78, 5) is 28.6. The number of rotatable bonds is 5. The average molecular weight is 481 g/mol. The second kappa shape index (κ2) is 11.2. The number of nitrogens with one attached hydrogen (secondary N) is 1. The quantitative estimate of drug-likeness (QED) is 0.684. The lowest BCUT2D eigenvalue weighted by atomic mass is 10.0. The Morgan fingerprint density at radius 1 is 1.03 bits per heavy atom. The van der Waals surface area contributed by atoms with Gasteiger partial charge in [-0.25, -0.2) is 9.78 Å². The molecule has 0 spiro atoms. The molecule has 1 N–H and O–H groups in total. The van der Waals surface area contributed by atoms with E-state index in [1.54, 1.807) is 4.90 Å². The number of ether oxygens (including phenoxy) is 1. The first-order valence-electron chi connectivity index (χ1n) is 12.9. The van der Waals surface area contributed by atoms with Gasteiger partial charge in [-0.1, -0.05) is 30.3 Å². The molecule has 4 rings (SSSR count). The van der Waals surface area contributed by atoms with Gasteiger partial charge in [0.15, 0.2) is 0 Å². The van der Waals surface area contributed by atoms with Gasteiger partial charge in [0.05, 0.1) is 0 Å². The molecular formula is C27H40N6O2. The molecule has 2 fully saturated rings. The van der Waals surface area contributed by atoms with E-state index in [-0.39, 0.29) is 6.09 Å². The highest BCUT2D eigenvalue weighted by Gasteiger charge is 2.26. The summed E-state index contributed by atoms with van der Waals surface area (Å²) in [6.45, 7) is 13.7. The highest BCUT2D eigenvalue weighted by atomic mass is 16.6. The minimum absolute atomic E-state index is 0.245. The van der Waals surface area contributed by atoms with E-state index in [0.717, 1.165) is 62.9 Å². The zero-order chi connectivity index (χ0) is 24.8. The molecule has 1 aromatic heterocycles. The first kappa shape index (κ1) is 25.2. The Bertz CT molecular complexity index is 969. The molecule has 0 radical (unpaired) electrons. The fourth-order valence-electron chi connectivity index (χ4n) is 4.68. The summed E-state index contributed by atoms with van der Waals surface area (Å²) in [7, 11) is 0. The predicted octanol–water partition coefficient (Wildman–Crippen LogP) is 4.31. The smallest absolute Gasteiger partial charge is 0.410 e. The summed E-state index contributed by atoms with van der Waals surface area (Å²) in [5.74, 6) is 1.63. The van der Waals surface area contributed by atoms with Crippen LogP contribution < -0.4 is 10.2 Å². The monoisotopic (exact) mass is 480 g/mol. The van der Waals surface area contributed by atoms with E-state index in [4.69, 9.17) is 14.7 Å². The van der Waals surface area contributed by atoms with Crippen molar-refractivity contribution in [2.75, 3.05) is 49.5 Å². The number of nitrogens with zero attached hydrogens (tertiary/aromatic N) is 5. The van der Waals surface area contributed by atoms with E-state index >= 15 is 0 Å². The molecule has 8 nitrogen and oxygen atoms in total. The largest absolute Gasteiger partial charge is 0.444 e. The van der Waals surface area contributed by atoms with Crippen molar-refractivity contribution in [1.29, 1.82) is 0 Å². The van der Waals surface area contributed by atoms with Crippen LogP contribution in [0.5, 0.6) is 0 Å². The molecule has 3 heterocycles. The van der Waals surface area contributed by atoms with Crippen molar-refractivity contribution in [1.82, 2.24) is 19.8 Å². The number of amides is 1. The minimum atomic E-state index is -0.485. The van der Waals surface area contributed by atoms with E-state index < -0.39 is 5.60 Å². The number of carbonyl (C=O) groups excluding carboxylic acids is 1. The predicted molar refractivity (Wildman–Crippen MR) is 140 cm³/mol. The molecule has 2 aromatic rings. The zero-order valence-corrected chi connectivity index (χ0v) is 21.7. The molecule has 35 heavy (non-hydrogen) atoms. The molecule has 0 aliphatic carbocycles. The van der Waals surface area contributed by atoms with Crippen LogP contribution in [0.2, 0.25) is 0 Å². The van der Waals surface area contributed by atoms with Crippen molar-refractivity contribution in [3.8, 4) is 0 Å². The van der Waals surface area contributed by atoms with E-state index in [1.807, 2.05) is 33.8 Å². The summed E-state index contributed by atoms with van der Waals surface area (Å²) >= 11 is 0. The number of anilines is 2. The lowest BCUT2D eigenvalue weighted by Gasteiger charge is -2.32. The van der Waals surface area contributed by atoms with Crippen molar-refractivity contribution < 1.29 is 9.53 Å². The first-order chi connectivity index (χ1) is 16.7. The topological polar surface area (TPSA) is 73.8 Å². The van der Waals surface area contributed by atoms with Crippen LogP contribution >= 0.6 is 0 Å². The van der Waals surface area contributed by atoms with Crippen LogP contribution in [0.4, 0.5) is 16.6 Å². The molecule has 8 heteroatoms. The standard InChI is InChI=1S/C27H40N6O2/c1-21-19-24(29-23-11-15-31(16-12-23)20-22-9-6-5-7-10-22)30-25(28-21)32-13-8-14-33(18-17-32)26(34)35-27(2,3)4/h5-7,9-10,19,23H,8,11-18,20H2,1-4H3,(H,28,29,30). The van der Waals surface area contributed by atoms with Gasteiger partial charge >= 0.3 is 6.09 Å². The third-order valence-electron chi connectivity index (χ3n) is 6.46. The number of likely N-dealkylation sites (tertiary alicyclic amines) is 1. The highest BCUT2D eigenvalue weighted by Crippen LogP contribution is 2.21.